The van der Waals surface area contributed by atoms with Gasteiger partial charge in [0.1, 0.15) is 6.61 Å². The molecule has 15 heavy (non-hydrogen) atoms. The molecule has 4 nitrogen and oxygen atoms in total. The first-order chi connectivity index (χ1) is 7.04. The van der Waals surface area contributed by atoms with Crippen LogP contribution in [0.15, 0.2) is 12.7 Å². The summed E-state index contributed by atoms with van der Waals surface area (Å²) in [6.07, 6.45) is 2.41. The predicted octanol–water partition coefficient (Wildman–Crippen LogP) is 1.67. The molecule has 0 aliphatic rings. The smallest absolute Gasteiger partial charge is 0.225 e. The Morgan fingerprint density at radius 3 is 2.67 bits per heavy atom. The molecule has 0 rings (SSSR count). The molecule has 0 fully saturated rings. The summed E-state index contributed by atoms with van der Waals surface area (Å²) in [5, 5.41) is 2.78. The maximum Gasteiger partial charge on any atom is 0.225 e. The van der Waals surface area contributed by atoms with Gasteiger partial charge in [-0.15, -0.1) is 6.58 Å². The number of carbonyl (C=O) groups excluding carboxylic acids is 1. The predicted molar refractivity (Wildman–Crippen MR) is 59.2 cm³/mol. The van der Waals surface area contributed by atoms with E-state index >= 15 is 0 Å². The highest BCUT2D eigenvalue weighted by Gasteiger charge is 2.24. The Hall–Kier alpha value is -0.870. The molecule has 0 heterocycles. The average molecular weight is 215 g/mol. The quantitative estimate of drug-likeness (QED) is 0.290. The highest BCUT2D eigenvalue weighted by molar-refractivity contribution is 5.81. The first-order valence-electron chi connectivity index (χ1n) is 5.18. The number of amides is 1. The van der Waals surface area contributed by atoms with E-state index in [4.69, 9.17) is 9.78 Å². The third-order valence-corrected chi connectivity index (χ3v) is 2.24. The summed E-state index contributed by atoms with van der Waals surface area (Å²) in [7, 11) is 0. The van der Waals surface area contributed by atoms with Crippen LogP contribution >= 0.6 is 0 Å². The van der Waals surface area contributed by atoms with Crippen molar-refractivity contribution >= 4 is 5.91 Å². The Bertz CT molecular complexity index is 202. The van der Waals surface area contributed by atoms with Gasteiger partial charge in [0.05, 0.1) is 6.61 Å². The summed E-state index contributed by atoms with van der Waals surface area (Å²) < 4.78 is 0. The topological polar surface area (TPSA) is 47.6 Å². The third-order valence-electron chi connectivity index (χ3n) is 2.24. The lowest BCUT2D eigenvalue weighted by Crippen LogP contribution is -2.38. The fraction of sp³-hybridized carbons (Fsp3) is 0.727. The molecule has 1 amide bonds. The van der Waals surface area contributed by atoms with Gasteiger partial charge in [-0.25, -0.2) is 9.78 Å². The van der Waals surface area contributed by atoms with Gasteiger partial charge in [0.2, 0.25) is 5.91 Å². The highest BCUT2D eigenvalue weighted by Crippen LogP contribution is 2.18. The monoisotopic (exact) mass is 215 g/mol. The molecule has 0 aliphatic heterocycles. The van der Waals surface area contributed by atoms with Gasteiger partial charge < -0.3 is 5.32 Å². The number of carbonyl (C=O) groups is 1. The van der Waals surface area contributed by atoms with E-state index in [0.29, 0.717) is 19.8 Å². The largest absolute Gasteiger partial charge is 0.353 e. The molecule has 0 aromatic heterocycles. The van der Waals surface area contributed by atoms with E-state index in [1.165, 1.54) is 0 Å². The van der Waals surface area contributed by atoms with E-state index in [0.717, 1.165) is 6.42 Å². The highest BCUT2D eigenvalue weighted by atomic mass is 17.2. The molecule has 88 valence electrons. The zero-order valence-electron chi connectivity index (χ0n) is 9.84. The van der Waals surface area contributed by atoms with Crippen LogP contribution in [0.5, 0.6) is 0 Å². The lowest BCUT2D eigenvalue weighted by Gasteiger charge is -2.21. The lowest BCUT2D eigenvalue weighted by atomic mass is 9.89. The lowest BCUT2D eigenvalue weighted by molar-refractivity contribution is -0.284. The molecule has 0 atom stereocenters. The Morgan fingerprint density at radius 2 is 2.13 bits per heavy atom. The van der Waals surface area contributed by atoms with Crippen LogP contribution in [0.2, 0.25) is 0 Å². The molecular formula is C11H21NO3. The summed E-state index contributed by atoms with van der Waals surface area (Å²) in [4.78, 5) is 21.1. The molecule has 4 heteroatoms. The molecule has 0 saturated heterocycles. The van der Waals surface area contributed by atoms with E-state index in [9.17, 15) is 4.79 Å². The minimum absolute atomic E-state index is 0.0392. The number of hydrogen-bond donors (Lipinski definition) is 1. The number of nitrogens with one attached hydrogen (secondary N) is 1. The summed E-state index contributed by atoms with van der Waals surface area (Å²) >= 11 is 0. The van der Waals surface area contributed by atoms with Crippen molar-refractivity contribution < 1.29 is 14.6 Å². The van der Waals surface area contributed by atoms with Crippen molar-refractivity contribution in [2.45, 2.75) is 27.2 Å². The Balaban J connectivity index is 3.51. The summed E-state index contributed by atoms with van der Waals surface area (Å²) in [6, 6.07) is 0. The minimum Gasteiger partial charge on any atom is -0.353 e. The second-order valence-corrected chi connectivity index (χ2v) is 3.89. The SMILES string of the molecule is C=CCOOCCNC(=O)C(C)(C)CC. The normalized spacial score (nSPS) is 11.1. The van der Waals surface area contributed by atoms with Gasteiger partial charge in [-0.05, 0) is 6.42 Å². The maximum atomic E-state index is 11.6. The van der Waals surface area contributed by atoms with Crippen LogP contribution in [0.1, 0.15) is 27.2 Å². The molecule has 1 N–H and O–H groups in total. The zero-order chi connectivity index (χ0) is 11.7. The third kappa shape index (κ3) is 6.25. The fourth-order valence-electron chi connectivity index (χ4n) is 0.761. The van der Waals surface area contributed by atoms with Crippen molar-refractivity contribution in [3.63, 3.8) is 0 Å². The van der Waals surface area contributed by atoms with Crippen LogP contribution in [0.25, 0.3) is 0 Å². The van der Waals surface area contributed by atoms with Crippen molar-refractivity contribution in [2.24, 2.45) is 5.41 Å². The first-order valence-corrected chi connectivity index (χ1v) is 5.18. The fourth-order valence-corrected chi connectivity index (χ4v) is 0.761. The molecule has 0 saturated carbocycles. The van der Waals surface area contributed by atoms with E-state index in [1.54, 1.807) is 6.08 Å². The van der Waals surface area contributed by atoms with Crippen LogP contribution in [0.4, 0.5) is 0 Å². The molecule has 0 aromatic rings. The molecule has 0 radical (unpaired) electrons. The Labute approximate surface area is 91.6 Å². The Morgan fingerprint density at radius 1 is 1.47 bits per heavy atom. The van der Waals surface area contributed by atoms with E-state index in [2.05, 4.69) is 11.9 Å². The molecular weight excluding hydrogens is 194 g/mol. The zero-order valence-corrected chi connectivity index (χ0v) is 9.84. The van der Waals surface area contributed by atoms with Crippen LogP contribution in [0.3, 0.4) is 0 Å². The summed E-state index contributed by atoms with van der Waals surface area (Å²) in [5.41, 5.74) is -0.317. The molecule has 0 unspecified atom stereocenters. The Kier molecular flexibility index (Phi) is 6.99. The van der Waals surface area contributed by atoms with Gasteiger partial charge in [0.15, 0.2) is 0 Å². The molecule has 0 bridgehead atoms. The van der Waals surface area contributed by atoms with Crippen LogP contribution in [-0.2, 0) is 14.6 Å². The van der Waals surface area contributed by atoms with Crippen molar-refractivity contribution in [2.75, 3.05) is 19.8 Å². The van der Waals surface area contributed by atoms with Gasteiger partial charge >= 0.3 is 0 Å². The van der Waals surface area contributed by atoms with Gasteiger partial charge in [-0.2, -0.15) is 0 Å². The van der Waals surface area contributed by atoms with E-state index < -0.39 is 0 Å². The maximum absolute atomic E-state index is 11.6. The molecule has 0 aromatic carbocycles. The molecule has 0 spiro atoms. The summed E-state index contributed by atoms with van der Waals surface area (Å²) in [5.74, 6) is 0.0392. The first kappa shape index (κ1) is 14.1. The van der Waals surface area contributed by atoms with Crippen LogP contribution < -0.4 is 5.32 Å². The van der Waals surface area contributed by atoms with Crippen molar-refractivity contribution in [3.05, 3.63) is 12.7 Å². The number of rotatable bonds is 8. The number of hydrogen-bond acceptors (Lipinski definition) is 3. The van der Waals surface area contributed by atoms with Gasteiger partial charge in [0.25, 0.3) is 0 Å². The molecule has 0 aliphatic carbocycles. The van der Waals surface area contributed by atoms with E-state index in [-0.39, 0.29) is 11.3 Å². The van der Waals surface area contributed by atoms with Crippen LogP contribution in [0, 0.1) is 5.41 Å². The van der Waals surface area contributed by atoms with Crippen molar-refractivity contribution in [1.29, 1.82) is 0 Å². The van der Waals surface area contributed by atoms with Crippen LogP contribution in [-0.4, -0.2) is 25.7 Å². The average Bonchev–Trinajstić information content (AvgIpc) is 2.22. The van der Waals surface area contributed by atoms with E-state index in [1.807, 2.05) is 20.8 Å². The van der Waals surface area contributed by atoms with Gasteiger partial charge in [-0.3, -0.25) is 4.79 Å². The van der Waals surface area contributed by atoms with Gasteiger partial charge in [0, 0.05) is 12.0 Å². The second-order valence-electron chi connectivity index (χ2n) is 3.89. The summed E-state index contributed by atoms with van der Waals surface area (Å²) in [6.45, 7) is 10.5. The van der Waals surface area contributed by atoms with Crippen molar-refractivity contribution in [3.8, 4) is 0 Å². The van der Waals surface area contributed by atoms with Crippen molar-refractivity contribution in [1.82, 2.24) is 5.32 Å². The van der Waals surface area contributed by atoms with Gasteiger partial charge in [-0.1, -0.05) is 26.8 Å². The minimum atomic E-state index is -0.317. The second kappa shape index (κ2) is 7.43. The standard InChI is InChI=1S/C11H21NO3/c1-5-8-14-15-9-7-12-10(13)11(3,4)6-2/h5H,1,6-9H2,2-4H3,(H,12,13).